The number of ether oxygens (including phenoxy) is 1. The number of carbonyl (C=O) groups excluding carboxylic acids is 1. The summed E-state index contributed by atoms with van der Waals surface area (Å²) in [6.07, 6.45) is 5.24. The smallest absolute Gasteiger partial charge is 0.309 e. The molecule has 0 atom stereocenters. The third-order valence-electron chi connectivity index (χ3n) is 7.37. The number of nitrogens with zero attached hydrogens (tertiary/aromatic N) is 6. The lowest BCUT2D eigenvalue weighted by Gasteiger charge is -2.31. The summed E-state index contributed by atoms with van der Waals surface area (Å²) in [5, 5.41) is 11.4. The highest BCUT2D eigenvalue weighted by Gasteiger charge is 2.27. The first kappa shape index (κ1) is 24.1. The number of benzene rings is 2. The van der Waals surface area contributed by atoms with Crippen LogP contribution in [0.25, 0.3) is 38.8 Å². The van der Waals surface area contributed by atoms with Crippen LogP contribution in [-0.2, 0) is 16.6 Å². The number of anilines is 1. The second kappa shape index (κ2) is 9.55. The van der Waals surface area contributed by atoms with Crippen LogP contribution in [0.2, 0.25) is 0 Å². The van der Waals surface area contributed by atoms with Crippen LogP contribution in [0.5, 0.6) is 0 Å². The van der Waals surface area contributed by atoms with E-state index in [2.05, 4.69) is 10.00 Å². The van der Waals surface area contributed by atoms with Crippen LogP contribution in [0.3, 0.4) is 0 Å². The molecule has 6 rings (SSSR count). The van der Waals surface area contributed by atoms with Crippen molar-refractivity contribution in [2.75, 3.05) is 24.6 Å². The molecule has 0 unspecified atom stereocenters. The maximum Gasteiger partial charge on any atom is 0.309 e. The molecule has 9 heteroatoms. The predicted octanol–water partition coefficient (Wildman–Crippen LogP) is 5.20. The van der Waals surface area contributed by atoms with Crippen molar-refractivity contribution in [1.29, 1.82) is 0 Å². The van der Waals surface area contributed by atoms with Crippen LogP contribution in [0, 0.1) is 18.7 Å². The van der Waals surface area contributed by atoms with Gasteiger partial charge < -0.3 is 9.64 Å². The average molecular weight is 513 g/mol. The third kappa shape index (κ3) is 4.08. The largest absolute Gasteiger partial charge is 0.466 e. The number of carbonyl (C=O) groups is 1. The Labute approximate surface area is 219 Å². The Morgan fingerprint density at radius 2 is 1.89 bits per heavy atom. The molecule has 0 radical (unpaired) electrons. The summed E-state index contributed by atoms with van der Waals surface area (Å²) in [7, 11) is 1.90. The van der Waals surface area contributed by atoms with Crippen molar-refractivity contribution >= 4 is 33.6 Å². The van der Waals surface area contributed by atoms with Gasteiger partial charge in [-0.1, -0.05) is 12.1 Å². The molecule has 2 aromatic carbocycles. The van der Waals surface area contributed by atoms with Crippen LogP contribution >= 0.6 is 0 Å². The Morgan fingerprint density at radius 3 is 2.63 bits per heavy atom. The van der Waals surface area contributed by atoms with Gasteiger partial charge in [0, 0.05) is 48.2 Å². The SMILES string of the molecule is CCOC(=O)C1CCN(c2ccc(-n3nc(-c4cccc5nn(C)cc45)c4ccc(F)c(C)c43)cn2)CC1. The molecule has 1 fully saturated rings. The summed E-state index contributed by atoms with van der Waals surface area (Å²) in [5.41, 5.74) is 4.59. The zero-order valence-electron chi connectivity index (χ0n) is 21.7. The molecule has 8 nitrogen and oxygen atoms in total. The number of hydrogen-bond donors (Lipinski definition) is 0. The maximum atomic E-state index is 14.7. The van der Waals surface area contributed by atoms with E-state index in [9.17, 15) is 9.18 Å². The average Bonchev–Trinajstić information content (AvgIpc) is 3.51. The molecule has 0 N–H and O–H groups in total. The number of pyridine rings is 1. The minimum Gasteiger partial charge on any atom is -0.466 e. The number of halogens is 1. The molecule has 194 valence electrons. The minimum atomic E-state index is -0.279. The van der Waals surface area contributed by atoms with Gasteiger partial charge in [-0.05, 0) is 57.0 Å². The van der Waals surface area contributed by atoms with Gasteiger partial charge in [-0.3, -0.25) is 9.48 Å². The standard InChI is InChI=1S/C29H29FN6O2/c1-4-38-29(37)19-12-14-35(15-13-19)26-11-8-20(16-31-26)36-28-18(2)24(30)10-9-22(28)27(33-36)21-6-5-7-25-23(21)17-34(3)32-25/h5-11,16-17,19H,4,12-15H2,1-3H3. The second-order valence-electron chi connectivity index (χ2n) is 9.76. The van der Waals surface area contributed by atoms with Crippen LogP contribution < -0.4 is 4.90 Å². The molecule has 3 aromatic heterocycles. The summed E-state index contributed by atoms with van der Waals surface area (Å²) >= 11 is 0. The quantitative estimate of drug-likeness (QED) is 0.301. The molecule has 4 heterocycles. The number of esters is 1. The fourth-order valence-electron chi connectivity index (χ4n) is 5.39. The second-order valence-corrected chi connectivity index (χ2v) is 9.76. The highest BCUT2D eigenvalue weighted by atomic mass is 19.1. The van der Waals surface area contributed by atoms with Crippen molar-refractivity contribution in [2.45, 2.75) is 26.7 Å². The number of rotatable bonds is 5. The van der Waals surface area contributed by atoms with E-state index in [0.29, 0.717) is 17.7 Å². The fourth-order valence-corrected chi connectivity index (χ4v) is 5.39. The van der Waals surface area contributed by atoms with Gasteiger partial charge in [0.1, 0.15) is 17.3 Å². The first-order valence-electron chi connectivity index (χ1n) is 12.9. The Balaban J connectivity index is 1.37. The van der Waals surface area contributed by atoms with Crippen molar-refractivity contribution < 1.29 is 13.9 Å². The number of aromatic nitrogens is 5. The fraction of sp³-hybridized carbons (Fsp3) is 0.310. The topological polar surface area (TPSA) is 78.1 Å². The van der Waals surface area contributed by atoms with Gasteiger partial charge >= 0.3 is 5.97 Å². The molecule has 0 aliphatic carbocycles. The molecule has 5 aromatic rings. The first-order valence-corrected chi connectivity index (χ1v) is 12.9. The number of hydrogen-bond acceptors (Lipinski definition) is 6. The highest BCUT2D eigenvalue weighted by molar-refractivity contribution is 6.03. The molecule has 0 bridgehead atoms. The summed E-state index contributed by atoms with van der Waals surface area (Å²) in [6, 6.07) is 13.2. The first-order chi connectivity index (χ1) is 18.4. The van der Waals surface area contributed by atoms with E-state index in [1.54, 1.807) is 28.6 Å². The van der Waals surface area contributed by atoms with Crippen molar-refractivity contribution in [2.24, 2.45) is 13.0 Å². The minimum absolute atomic E-state index is 0.0542. The Bertz CT molecular complexity index is 1650. The van der Waals surface area contributed by atoms with Gasteiger partial charge in [0.2, 0.25) is 0 Å². The van der Waals surface area contributed by atoms with Crippen LogP contribution in [0.15, 0.2) is 54.9 Å². The van der Waals surface area contributed by atoms with Crippen molar-refractivity contribution in [3.05, 3.63) is 66.2 Å². The predicted molar refractivity (Wildman–Crippen MR) is 145 cm³/mol. The number of aryl methyl sites for hydroxylation is 2. The van der Waals surface area contributed by atoms with Gasteiger partial charge in [-0.2, -0.15) is 10.2 Å². The molecular formula is C29H29FN6O2. The number of fused-ring (bicyclic) bond motifs is 2. The van der Waals surface area contributed by atoms with E-state index in [0.717, 1.165) is 65.0 Å². The Morgan fingerprint density at radius 1 is 1.08 bits per heavy atom. The van der Waals surface area contributed by atoms with Gasteiger partial charge in [0.05, 0.1) is 35.4 Å². The van der Waals surface area contributed by atoms with E-state index in [1.807, 2.05) is 50.5 Å². The van der Waals surface area contributed by atoms with Crippen LogP contribution in [0.1, 0.15) is 25.3 Å². The molecule has 0 amide bonds. The maximum absolute atomic E-state index is 14.7. The summed E-state index contributed by atoms with van der Waals surface area (Å²) in [6.45, 7) is 5.50. The number of piperidine rings is 1. The van der Waals surface area contributed by atoms with Crippen molar-refractivity contribution in [3.63, 3.8) is 0 Å². The van der Waals surface area contributed by atoms with Gasteiger partial charge in [-0.15, -0.1) is 0 Å². The van der Waals surface area contributed by atoms with E-state index < -0.39 is 0 Å². The van der Waals surface area contributed by atoms with E-state index in [4.69, 9.17) is 14.8 Å². The molecular weight excluding hydrogens is 483 g/mol. The molecule has 1 saturated heterocycles. The van der Waals surface area contributed by atoms with E-state index in [-0.39, 0.29) is 17.7 Å². The Kier molecular flexibility index (Phi) is 6.06. The zero-order valence-corrected chi connectivity index (χ0v) is 21.7. The summed E-state index contributed by atoms with van der Waals surface area (Å²) in [5.74, 6) is 0.400. The molecule has 1 aliphatic heterocycles. The molecule has 38 heavy (non-hydrogen) atoms. The van der Waals surface area contributed by atoms with Gasteiger partial charge in [-0.25, -0.2) is 14.1 Å². The van der Waals surface area contributed by atoms with Crippen LogP contribution in [-0.4, -0.2) is 50.2 Å². The molecule has 0 spiro atoms. The van der Waals surface area contributed by atoms with E-state index in [1.165, 1.54) is 6.07 Å². The van der Waals surface area contributed by atoms with Gasteiger partial charge in [0.15, 0.2) is 0 Å². The van der Waals surface area contributed by atoms with Crippen molar-refractivity contribution in [1.82, 2.24) is 24.5 Å². The van der Waals surface area contributed by atoms with Crippen LogP contribution in [0.4, 0.5) is 10.2 Å². The highest BCUT2D eigenvalue weighted by Crippen LogP contribution is 2.36. The van der Waals surface area contributed by atoms with E-state index >= 15 is 0 Å². The lowest BCUT2D eigenvalue weighted by atomic mass is 9.97. The van der Waals surface area contributed by atoms with Gasteiger partial charge in [0.25, 0.3) is 0 Å². The molecule has 0 saturated carbocycles. The van der Waals surface area contributed by atoms with Crippen molar-refractivity contribution in [3.8, 4) is 16.9 Å². The lowest BCUT2D eigenvalue weighted by Crippen LogP contribution is -2.37. The zero-order chi connectivity index (χ0) is 26.4. The molecule has 1 aliphatic rings. The third-order valence-corrected chi connectivity index (χ3v) is 7.37. The lowest BCUT2D eigenvalue weighted by molar-refractivity contribution is -0.148. The summed E-state index contributed by atoms with van der Waals surface area (Å²) < 4.78 is 23.5. The normalized spacial score (nSPS) is 14.5. The Hall–Kier alpha value is -4.27. The monoisotopic (exact) mass is 512 g/mol. The summed E-state index contributed by atoms with van der Waals surface area (Å²) in [4.78, 5) is 19.0.